The van der Waals surface area contributed by atoms with Gasteiger partial charge in [-0.15, -0.1) is 0 Å². The van der Waals surface area contributed by atoms with Crippen LogP contribution in [-0.2, 0) is 19.5 Å². The lowest BCUT2D eigenvalue weighted by molar-refractivity contribution is 0.414. The summed E-state index contributed by atoms with van der Waals surface area (Å²) in [6.07, 6.45) is 4.62. The quantitative estimate of drug-likeness (QED) is 0.305. The highest BCUT2D eigenvalue weighted by molar-refractivity contribution is 7.98. The second-order valence-electron chi connectivity index (χ2n) is 6.71. The highest BCUT2D eigenvalue weighted by Gasteiger charge is 2.13. The number of anilines is 1. The molecule has 2 aromatic carbocycles. The van der Waals surface area contributed by atoms with Crippen LogP contribution in [0.1, 0.15) is 11.1 Å². The van der Waals surface area contributed by atoms with E-state index >= 15 is 0 Å². The van der Waals surface area contributed by atoms with Gasteiger partial charge in [0.15, 0.2) is 10.8 Å². The van der Waals surface area contributed by atoms with Gasteiger partial charge in [0.2, 0.25) is 0 Å². The van der Waals surface area contributed by atoms with Crippen molar-refractivity contribution in [1.29, 1.82) is 0 Å². The number of aryl methyl sites for hydroxylation is 2. The Hall–Kier alpha value is -2.77. The molecule has 0 aliphatic heterocycles. The smallest absolute Gasteiger partial charge is 0.191 e. The van der Waals surface area contributed by atoms with Crippen LogP contribution in [0.3, 0.4) is 0 Å². The second-order valence-corrected chi connectivity index (χ2v) is 7.89. The molecule has 1 N–H and O–H groups in total. The number of hydrogen-bond donors (Lipinski definition) is 1. The fourth-order valence-electron chi connectivity index (χ4n) is 3.21. The fraction of sp³-hybridized carbons (Fsp3) is 0.227. The summed E-state index contributed by atoms with van der Waals surface area (Å²) in [5, 5.41) is 10.3. The van der Waals surface area contributed by atoms with E-state index in [1.54, 1.807) is 7.11 Å². The van der Waals surface area contributed by atoms with Gasteiger partial charge < -0.3 is 10.1 Å². The number of thioether (sulfide) groups is 1. The van der Waals surface area contributed by atoms with Gasteiger partial charge in [0.05, 0.1) is 18.7 Å². The average Bonchev–Trinajstić information content (AvgIpc) is 3.20. The van der Waals surface area contributed by atoms with Gasteiger partial charge in [0.25, 0.3) is 0 Å². The van der Waals surface area contributed by atoms with Crippen molar-refractivity contribution in [3.05, 3.63) is 70.9 Å². The lowest BCUT2D eigenvalue weighted by atomic mass is 10.1. The van der Waals surface area contributed by atoms with E-state index in [1.807, 2.05) is 59.6 Å². The lowest BCUT2D eigenvalue weighted by Gasteiger charge is -2.10. The molecule has 0 unspecified atom stereocenters. The average molecular weight is 440 g/mol. The van der Waals surface area contributed by atoms with Crippen molar-refractivity contribution in [2.45, 2.75) is 24.7 Å². The largest absolute Gasteiger partial charge is 0.497 e. The van der Waals surface area contributed by atoms with Crippen molar-refractivity contribution in [3.8, 4) is 5.75 Å². The van der Waals surface area contributed by atoms with Gasteiger partial charge in [0, 0.05) is 18.1 Å². The minimum Gasteiger partial charge on any atom is -0.497 e. The number of fused-ring (bicyclic) bond motifs is 1. The number of hydrogen-bond acceptors (Lipinski definition) is 6. The van der Waals surface area contributed by atoms with E-state index in [-0.39, 0.29) is 0 Å². The summed E-state index contributed by atoms with van der Waals surface area (Å²) >= 11 is 7.80. The summed E-state index contributed by atoms with van der Waals surface area (Å²) in [5.74, 6) is 1.62. The molecule has 154 valence electrons. The van der Waals surface area contributed by atoms with Gasteiger partial charge in [-0.1, -0.05) is 53.7 Å². The molecular weight excluding hydrogens is 418 g/mol. The topological polar surface area (TPSA) is 64.9 Å². The number of nitrogens with zero attached hydrogens (tertiary/aromatic N) is 4. The Balaban J connectivity index is 1.58. The highest BCUT2D eigenvalue weighted by Crippen LogP contribution is 2.25. The third kappa shape index (κ3) is 4.52. The first-order valence-electron chi connectivity index (χ1n) is 9.55. The molecule has 0 fully saturated rings. The normalized spacial score (nSPS) is 11.0. The molecule has 0 saturated carbocycles. The predicted molar refractivity (Wildman–Crippen MR) is 123 cm³/mol. The molecule has 4 aromatic rings. The van der Waals surface area contributed by atoms with Gasteiger partial charge in [-0.25, -0.2) is 14.6 Å². The maximum Gasteiger partial charge on any atom is 0.191 e. The van der Waals surface area contributed by atoms with Crippen LogP contribution in [0.15, 0.2) is 59.9 Å². The predicted octanol–water partition coefficient (Wildman–Crippen LogP) is 5.07. The van der Waals surface area contributed by atoms with Gasteiger partial charge in [-0.05, 0) is 42.0 Å². The summed E-state index contributed by atoms with van der Waals surface area (Å²) in [6, 6.07) is 15.9. The zero-order valence-electron chi connectivity index (χ0n) is 16.8. The maximum absolute atomic E-state index is 6.29. The molecule has 6 nitrogen and oxygen atoms in total. The SMILES string of the molecule is COc1cccc(CCn2ncc3c(NCc4ccccc4Cl)nc(SC)nc32)c1. The van der Waals surface area contributed by atoms with Crippen LogP contribution < -0.4 is 10.1 Å². The van der Waals surface area contributed by atoms with Gasteiger partial charge in [-0.3, -0.25) is 0 Å². The van der Waals surface area contributed by atoms with Crippen LogP contribution in [0, 0.1) is 0 Å². The Bertz CT molecular complexity index is 1160. The number of rotatable bonds is 8. The zero-order chi connectivity index (χ0) is 20.9. The molecule has 0 radical (unpaired) electrons. The number of nitrogens with one attached hydrogen (secondary N) is 1. The standard InChI is InChI=1S/C22H22ClN5OS/c1-29-17-8-5-6-15(12-17)10-11-28-21-18(14-25-28)20(26-22(27-21)30-2)24-13-16-7-3-4-9-19(16)23/h3-9,12,14H,10-11,13H2,1-2H3,(H,24,26,27). The number of halogens is 1. The van der Waals surface area contributed by atoms with Crippen molar-refractivity contribution < 1.29 is 4.74 Å². The van der Waals surface area contributed by atoms with E-state index in [2.05, 4.69) is 21.5 Å². The van der Waals surface area contributed by atoms with E-state index in [4.69, 9.17) is 21.3 Å². The molecule has 0 bridgehead atoms. The lowest BCUT2D eigenvalue weighted by Crippen LogP contribution is -2.07. The molecule has 0 aliphatic rings. The van der Waals surface area contributed by atoms with E-state index in [1.165, 1.54) is 17.3 Å². The van der Waals surface area contributed by atoms with Gasteiger partial charge in [0.1, 0.15) is 11.6 Å². The summed E-state index contributed by atoms with van der Waals surface area (Å²) < 4.78 is 7.24. The van der Waals surface area contributed by atoms with Crippen LogP contribution in [-0.4, -0.2) is 33.1 Å². The van der Waals surface area contributed by atoms with E-state index in [0.717, 1.165) is 39.6 Å². The molecule has 0 atom stereocenters. The third-order valence-corrected chi connectivity index (χ3v) is 5.73. The third-order valence-electron chi connectivity index (χ3n) is 4.81. The summed E-state index contributed by atoms with van der Waals surface area (Å²) in [4.78, 5) is 9.34. The fourth-order valence-corrected chi connectivity index (χ4v) is 3.77. The summed E-state index contributed by atoms with van der Waals surface area (Å²) in [5.41, 5.74) is 3.02. The van der Waals surface area contributed by atoms with Crippen LogP contribution in [0.25, 0.3) is 11.0 Å². The number of methoxy groups -OCH3 is 1. The first kappa shape index (κ1) is 20.5. The molecule has 0 aliphatic carbocycles. The molecule has 0 saturated heterocycles. The molecule has 8 heteroatoms. The second kappa shape index (κ2) is 9.36. The van der Waals surface area contributed by atoms with Crippen molar-refractivity contribution in [2.75, 3.05) is 18.7 Å². The Morgan fingerprint density at radius 3 is 2.80 bits per heavy atom. The monoisotopic (exact) mass is 439 g/mol. The van der Waals surface area contributed by atoms with Crippen molar-refractivity contribution in [2.24, 2.45) is 0 Å². The summed E-state index contributed by atoms with van der Waals surface area (Å²) in [6.45, 7) is 1.29. The molecule has 30 heavy (non-hydrogen) atoms. The number of aromatic nitrogens is 4. The van der Waals surface area contributed by atoms with Crippen LogP contribution >= 0.6 is 23.4 Å². The van der Waals surface area contributed by atoms with Crippen molar-refractivity contribution in [3.63, 3.8) is 0 Å². The van der Waals surface area contributed by atoms with Crippen LogP contribution in [0.4, 0.5) is 5.82 Å². The van der Waals surface area contributed by atoms with Gasteiger partial charge in [-0.2, -0.15) is 5.10 Å². The zero-order valence-corrected chi connectivity index (χ0v) is 18.4. The first-order chi connectivity index (χ1) is 14.7. The van der Waals surface area contributed by atoms with Gasteiger partial charge >= 0.3 is 0 Å². The van der Waals surface area contributed by atoms with Crippen LogP contribution in [0.5, 0.6) is 5.75 Å². The highest BCUT2D eigenvalue weighted by atomic mass is 35.5. The molecular formula is C22H22ClN5OS. The Morgan fingerprint density at radius 2 is 2.00 bits per heavy atom. The Labute approximate surface area is 184 Å². The Kier molecular flexibility index (Phi) is 6.40. The minimum absolute atomic E-state index is 0.578. The molecule has 2 heterocycles. The van der Waals surface area contributed by atoms with E-state index in [9.17, 15) is 0 Å². The number of benzene rings is 2. The first-order valence-corrected chi connectivity index (χ1v) is 11.2. The molecule has 2 aromatic heterocycles. The Morgan fingerprint density at radius 1 is 1.13 bits per heavy atom. The minimum atomic E-state index is 0.578. The maximum atomic E-state index is 6.29. The van der Waals surface area contributed by atoms with Crippen LogP contribution in [0.2, 0.25) is 5.02 Å². The molecule has 0 spiro atoms. The number of ether oxygens (including phenoxy) is 1. The van der Waals surface area contributed by atoms with E-state index in [0.29, 0.717) is 18.2 Å². The van der Waals surface area contributed by atoms with Crippen molar-refractivity contribution in [1.82, 2.24) is 19.7 Å². The molecule has 4 rings (SSSR count). The van der Waals surface area contributed by atoms with E-state index < -0.39 is 0 Å². The van der Waals surface area contributed by atoms with Crippen molar-refractivity contribution >= 4 is 40.2 Å². The molecule has 0 amide bonds. The summed E-state index contributed by atoms with van der Waals surface area (Å²) in [7, 11) is 1.68.